The van der Waals surface area contributed by atoms with Gasteiger partial charge in [-0.25, -0.2) is 4.98 Å². The molecule has 222 valence electrons. The van der Waals surface area contributed by atoms with Gasteiger partial charge in [-0.2, -0.15) is 0 Å². The number of rotatable bonds is 6. The fourth-order valence-electron chi connectivity index (χ4n) is 6.53. The van der Waals surface area contributed by atoms with Crippen LogP contribution in [0.3, 0.4) is 0 Å². The summed E-state index contributed by atoms with van der Waals surface area (Å²) >= 11 is 0. The lowest BCUT2D eigenvalue weighted by atomic mass is 9.94. The number of hydrogen-bond donors (Lipinski definition) is 0. The molecule has 9 rings (SSSR count). The maximum absolute atomic E-state index is 6.70. The van der Waals surface area contributed by atoms with E-state index in [9.17, 15) is 0 Å². The van der Waals surface area contributed by atoms with E-state index in [4.69, 9.17) is 13.8 Å². The van der Waals surface area contributed by atoms with Gasteiger partial charge in [-0.15, -0.1) is 0 Å². The number of benzene rings is 7. The molecule has 0 saturated carbocycles. The van der Waals surface area contributed by atoms with Gasteiger partial charge in [0.25, 0.3) is 0 Å². The molecule has 0 aliphatic carbocycles. The number of hydrogen-bond acceptors (Lipinski definition) is 4. The molecule has 0 amide bonds. The van der Waals surface area contributed by atoms with E-state index in [1.807, 2.05) is 54.6 Å². The maximum atomic E-state index is 6.70. The largest absolute Gasteiger partial charge is 0.456 e. The van der Waals surface area contributed by atoms with Crippen LogP contribution in [-0.2, 0) is 0 Å². The zero-order valence-electron chi connectivity index (χ0n) is 25.4. The Balaban J connectivity index is 1.26. The topological polar surface area (TPSA) is 42.4 Å². The van der Waals surface area contributed by atoms with Crippen LogP contribution in [0, 0.1) is 0 Å². The van der Waals surface area contributed by atoms with E-state index in [1.54, 1.807) is 0 Å². The first-order valence-corrected chi connectivity index (χ1v) is 15.7. The van der Waals surface area contributed by atoms with Crippen molar-refractivity contribution in [1.82, 2.24) is 4.98 Å². The standard InChI is InChI=1S/C43H28N2O2/c1-4-14-29(15-5-1)34-20-10-11-21-35(34)30-24-26-33(27-25-30)45(32-18-8-3-9-19-32)37-28-39-40(36-22-12-13-23-38(36)46-39)41-42(37)47-43(44-41)31-16-6-2-7-17-31/h1-28H. The number of aromatic nitrogens is 1. The monoisotopic (exact) mass is 604 g/mol. The summed E-state index contributed by atoms with van der Waals surface area (Å²) in [6, 6.07) is 58.4. The predicted octanol–water partition coefficient (Wildman–Crippen LogP) is 12.2. The SMILES string of the molecule is c1ccc(-c2nc3c(o2)c(N(c2ccccc2)c2ccc(-c4ccccc4-c4ccccc4)cc2)cc2oc4ccccc4c23)cc1. The van der Waals surface area contributed by atoms with Crippen molar-refractivity contribution in [1.29, 1.82) is 0 Å². The van der Waals surface area contributed by atoms with Crippen molar-refractivity contribution in [3.63, 3.8) is 0 Å². The van der Waals surface area contributed by atoms with Crippen LogP contribution in [0.15, 0.2) is 179 Å². The van der Waals surface area contributed by atoms with Crippen LogP contribution in [0.1, 0.15) is 0 Å². The van der Waals surface area contributed by atoms with Crippen LogP contribution in [0.4, 0.5) is 17.1 Å². The van der Waals surface area contributed by atoms with Gasteiger partial charge in [-0.3, -0.25) is 0 Å². The maximum Gasteiger partial charge on any atom is 0.227 e. The summed E-state index contributed by atoms with van der Waals surface area (Å²) in [4.78, 5) is 7.33. The van der Waals surface area contributed by atoms with Crippen LogP contribution in [0.5, 0.6) is 0 Å². The second-order valence-corrected chi connectivity index (χ2v) is 11.6. The number of oxazole rings is 1. The fourth-order valence-corrected chi connectivity index (χ4v) is 6.53. The molecule has 0 aliphatic heterocycles. The molecule has 4 nitrogen and oxygen atoms in total. The molecule has 9 aromatic rings. The normalized spacial score (nSPS) is 11.4. The molecular formula is C43H28N2O2. The first-order valence-electron chi connectivity index (χ1n) is 15.7. The van der Waals surface area contributed by atoms with E-state index in [0.29, 0.717) is 11.5 Å². The van der Waals surface area contributed by atoms with Crippen molar-refractivity contribution in [3.8, 4) is 33.7 Å². The smallest absolute Gasteiger partial charge is 0.227 e. The van der Waals surface area contributed by atoms with Crippen molar-refractivity contribution in [2.24, 2.45) is 0 Å². The molecule has 0 atom stereocenters. The second-order valence-electron chi connectivity index (χ2n) is 11.6. The Morgan fingerprint density at radius 1 is 0.447 bits per heavy atom. The molecule has 7 aromatic carbocycles. The highest BCUT2D eigenvalue weighted by Gasteiger charge is 2.25. The van der Waals surface area contributed by atoms with Crippen molar-refractivity contribution in [2.45, 2.75) is 0 Å². The highest BCUT2D eigenvalue weighted by atomic mass is 16.4. The minimum atomic E-state index is 0.570. The molecule has 0 saturated heterocycles. The summed E-state index contributed by atoms with van der Waals surface area (Å²) in [5.74, 6) is 0.570. The molecule has 0 radical (unpaired) electrons. The van der Waals surface area contributed by atoms with Crippen molar-refractivity contribution >= 4 is 50.1 Å². The second kappa shape index (κ2) is 11.2. The van der Waals surface area contributed by atoms with Gasteiger partial charge in [0.05, 0.1) is 11.1 Å². The van der Waals surface area contributed by atoms with E-state index in [1.165, 1.54) is 16.7 Å². The summed E-state index contributed by atoms with van der Waals surface area (Å²) in [6.07, 6.45) is 0. The van der Waals surface area contributed by atoms with Crippen molar-refractivity contribution in [2.75, 3.05) is 4.90 Å². The highest BCUT2D eigenvalue weighted by molar-refractivity contribution is 6.20. The van der Waals surface area contributed by atoms with Gasteiger partial charge in [0.1, 0.15) is 16.7 Å². The fraction of sp³-hybridized carbons (Fsp3) is 0. The Morgan fingerprint density at radius 3 is 1.70 bits per heavy atom. The average molecular weight is 605 g/mol. The minimum absolute atomic E-state index is 0.570. The summed E-state index contributed by atoms with van der Waals surface area (Å²) in [5, 5.41) is 1.96. The first-order chi connectivity index (χ1) is 23.3. The lowest BCUT2D eigenvalue weighted by Crippen LogP contribution is -2.10. The average Bonchev–Trinajstić information content (AvgIpc) is 3.76. The Morgan fingerprint density at radius 2 is 1.00 bits per heavy atom. The highest BCUT2D eigenvalue weighted by Crippen LogP contribution is 2.46. The summed E-state index contributed by atoms with van der Waals surface area (Å²) in [6.45, 7) is 0. The van der Waals surface area contributed by atoms with E-state index >= 15 is 0 Å². The number of fused-ring (bicyclic) bond motifs is 5. The molecule has 4 heteroatoms. The van der Waals surface area contributed by atoms with Crippen LogP contribution in [0.2, 0.25) is 0 Å². The summed E-state index contributed by atoms with van der Waals surface area (Å²) in [7, 11) is 0. The zero-order chi connectivity index (χ0) is 31.2. The molecule has 0 fully saturated rings. The number of furan rings is 1. The van der Waals surface area contributed by atoms with E-state index in [0.717, 1.165) is 55.6 Å². The molecule has 0 unspecified atom stereocenters. The molecule has 0 bridgehead atoms. The molecule has 0 N–H and O–H groups in total. The van der Waals surface area contributed by atoms with E-state index < -0.39 is 0 Å². The lowest BCUT2D eigenvalue weighted by molar-refractivity contribution is 0.619. The summed E-state index contributed by atoms with van der Waals surface area (Å²) in [5.41, 5.74) is 11.5. The minimum Gasteiger partial charge on any atom is -0.456 e. The van der Waals surface area contributed by atoms with Gasteiger partial charge >= 0.3 is 0 Å². The van der Waals surface area contributed by atoms with E-state index in [2.05, 4.69) is 120 Å². The number of para-hydroxylation sites is 2. The quantitative estimate of drug-likeness (QED) is 0.189. The Hall–Kier alpha value is -6.39. The molecular weight excluding hydrogens is 576 g/mol. The predicted molar refractivity (Wildman–Crippen MR) is 192 cm³/mol. The van der Waals surface area contributed by atoms with E-state index in [-0.39, 0.29) is 0 Å². The van der Waals surface area contributed by atoms with Gasteiger partial charge < -0.3 is 13.7 Å². The van der Waals surface area contributed by atoms with Crippen molar-refractivity contribution in [3.05, 3.63) is 170 Å². The van der Waals surface area contributed by atoms with Crippen LogP contribution in [-0.4, -0.2) is 4.98 Å². The van der Waals surface area contributed by atoms with Crippen molar-refractivity contribution < 1.29 is 8.83 Å². The van der Waals surface area contributed by atoms with Gasteiger partial charge in [0, 0.05) is 28.4 Å². The molecule has 47 heavy (non-hydrogen) atoms. The summed E-state index contributed by atoms with van der Waals surface area (Å²) < 4.78 is 13.2. The first kappa shape index (κ1) is 27.0. The Labute approximate surface area is 271 Å². The molecule has 0 aliphatic rings. The molecule has 2 heterocycles. The van der Waals surface area contributed by atoms with Crippen LogP contribution in [0.25, 0.3) is 66.7 Å². The van der Waals surface area contributed by atoms with Gasteiger partial charge in [0.2, 0.25) is 5.89 Å². The Bertz CT molecular complexity index is 2500. The Kier molecular flexibility index (Phi) is 6.43. The van der Waals surface area contributed by atoms with Gasteiger partial charge in [-0.1, -0.05) is 121 Å². The third-order valence-electron chi connectivity index (χ3n) is 8.71. The van der Waals surface area contributed by atoms with Gasteiger partial charge in [0.15, 0.2) is 5.58 Å². The van der Waals surface area contributed by atoms with Crippen LogP contribution < -0.4 is 4.90 Å². The van der Waals surface area contributed by atoms with Crippen LogP contribution >= 0.6 is 0 Å². The third kappa shape index (κ3) is 4.66. The number of anilines is 3. The number of nitrogens with zero attached hydrogens (tertiary/aromatic N) is 2. The molecule has 0 spiro atoms. The lowest BCUT2D eigenvalue weighted by Gasteiger charge is -2.25. The molecule has 2 aromatic heterocycles. The zero-order valence-corrected chi connectivity index (χ0v) is 25.4. The third-order valence-corrected chi connectivity index (χ3v) is 8.71. The van der Waals surface area contributed by atoms with Gasteiger partial charge in [-0.05, 0) is 64.7 Å².